The summed E-state index contributed by atoms with van der Waals surface area (Å²) in [6, 6.07) is 9.81. The van der Waals surface area contributed by atoms with Gasteiger partial charge in [-0.3, -0.25) is 9.59 Å². The van der Waals surface area contributed by atoms with Gasteiger partial charge < -0.3 is 19.7 Å². The third-order valence-corrected chi connectivity index (χ3v) is 4.52. The summed E-state index contributed by atoms with van der Waals surface area (Å²) in [4.78, 5) is 27.0. The number of methoxy groups -OCH3 is 2. The number of anilines is 1. The Morgan fingerprint density at radius 3 is 2.50 bits per heavy atom. The number of hydrogen-bond donors (Lipinski definition) is 1. The molecular formula is C20H22Cl2N2O4. The fourth-order valence-electron chi connectivity index (χ4n) is 2.70. The second kappa shape index (κ2) is 10.2. The number of rotatable bonds is 8. The number of nitrogens with zero attached hydrogens (tertiary/aromatic N) is 1. The first-order valence-electron chi connectivity index (χ1n) is 8.66. The van der Waals surface area contributed by atoms with Crippen molar-refractivity contribution in [3.63, 3.8) is 0 Å². The van der Waals surface area contributed by atoms with Gasteiger partial charge >= 0.3 is 0 Å². The Bertz CT molecular complexity index is 858. The van der Waals surface area contributed by atoms with Crippen molar-refractivity contribution in [3.05, 3.63) is 52.0 Å². The molecule has 150 valence electrons. The molecule has 6 nitrogen and oxygen atoms in total. The third-order valence-electron chi connectivity index (χ3n) is 3.95. The lowest BCUT2D eigenvalue weighted by Gasteiger charge is -2.23. The van der Waals surface area contributed by atoms with Crippen molar-refractivity contribution >= 4 is 40.7 Å². The van der Waals surface area contributed by atoms with Crippen LogP contribution in [0.1, 0.15) is 23.7 Å². The Morgan fingerprint density at radius 1 is 1.11 bits per heavy atom. The lowest BCUT2D eigenvalue weighted by atomic mass is 10.1. The van der Waals surface area contributed by atoms with Gasteiger partial charge in [0.05, 0.1) is 30.5 Å². The normalized spacial score (nSPS) is 10.3. The highest BCUT2D eigenvalue weighted by molar-refractivity contribution is 6.35. The third kappa shape index (κ3) is 5.30. The highest BCUT2D eigenvalue weighted by Crippen LogP contribution is 2.31. The first-order chi connectivity index (χ1) is 13.4. The van der Waals surface area contributed by atoms with Crippen molar-refractivity contribution in [3.8, 4) is 11.5 Å². The Hall–Kier alpha value is -2.44. The van der Waals surface area contributed by atoms with Gasteiger partial charge in [-0.05, 0) is 36.8 Å². The Morgan fingerprint density at radius 2 is 1.86 bits per heavy atom. The van der Waals surface area contributed by atoms with Crippen LogP contribution in [0.4, 0.5) is 5.69 Å². The summed E-state index contributed by atoms with van der Waals surface area (Å²) in [7, 11) is 2.96. The van der Waals surface area contributed by atoms with Crippen LogP contribution in [0.3, 0.4) is 0 Å². The highest BCUT2D eigenvalue weighted by Gasteiger charge is 2.23. The Kier molecular flexibility index (Phi) is 7.96. The van der Waals surface area contributed by atoms with Gasteiger partial charge in [0.25, 0.3) is 5.91 Å². The van der Waals surface area contributed by atoms with Gasteiger partial charge in [0.15, 0.2) is 11.5 Å². The van der Waals surface area contributed by atoms with Crippen molar-refractivity contribution in [1.82, 2.24) is 4.90 Å². The van der Waals surface area contributed by atoms with E-state index in [0.717, 1.165) is 0 Å². The minimum atomic E-state index is -0.382. The van der Waals surface area contributed by atoms with Crippen LogP contribution in [0.5, 0.6) is 11.5 Å². The van der Waals surface area contributed by atoms with E-state index in [9.17, 15) is 9.59 Å². The van der Waals surface area contributed by atoms with Crippen LogP contribution in [0.25, 0.3) is 0 Å². The molecule has 0 radical (unpaired) electrons. The molecule has 0 saturated carbocycles. The molecule has 2 aromatic carbocycles. The predicted octanol–water partition coefficient (Wildman–Crippen LogP) is 4.50. The minimum Gasteiger partial charge on any atom is -0.493 e. The molecule has 0 aliphatic rings. The molecule has 1 N–H and O–H groups in total. The molecule has 2 amide bonds. The summed E-state index contributed by atoms with van der Waals surface area (Å²) < 4.78 is 10.6. The summed E-state index contributed by atoms with van der Waals surface area (Å²) in [6.07, 6.45) is 0.684. The molecule has 28 heavy (non-hydrogen) atoms. The zero-order valence-corrected chi connectivity index (χ0v) is 17.4. The van der Waals surface area contributed by atoms with E-state index in [0.29, 0.717) is 45.8 Å². The van der Waals surface area contributed by atoms with E-state index in [1.807, 2.05) is 6.92 Å². The van der Waals surface area contributed by atoms with E-state index < -0.39 is 0 Å². The average molecular weight is 425 g/mol. The van der Waals surface area contributed by atoms with Crippen molar-refractivity contribution in [2.45, 2.75) is 13.3 Å². The number of amides is 2. The molecule has 2 aromatic rings. The van der Waals surface area contributed by atoms with Gasteiger partial charge in [-0.15, -0.1) is 0 Å². The second-order valence-corrected chi connectivity index (χ2v) is 6.78. The van der Waals surface area contributed by atoms with Crippen LogP contribution in [-0.4, -0.2) is 44.0 Å². The van der Waals surface area contributed by atoms with Gasteiger partial charge in [-0.2, -0.15) is 0 Å². The molecule has 0 fully saturated rings. The van der Waals surface area contributed by atoms with E-state index >= 15 is 0 Å². The van der Waals surface area contributed by atoms with Gasteiger partial charge in [0.2, 0.25) is 5.91 Å². The van der Waals surface area contributed by atoms with E-state index in [-0.39, 0.29) is 18.4 Å². The van der Waals surface area contributed by atoms with Crippen LogP contribution in [0.2, 0.25) is 10.0 Å². The first-order valence-corrected chi connectivity index (χ1v) is 9.42. The minimum absolute atomic E-state index is 0.143. The number of hydrogen-bond acceptors (Lipinski definition) is 4. The fourth-order valence-corrected chi connectivity index (χ4v) is 3.04. The van der Waals surface area contributed by atoms with Gasteiger partial charge in [-0.25, -0.2) is 0 Å². The van der Waals surface area contributed by atoms with Gasteiger partial charge in [-0.1, -0.05) is 36.2 Å². The lowest BCUT2D eigenvalue weighted by Crippen LogP contribution is -2.38. The number of ether oxygens (including phenoxy) is 2. The molecule has 0 unspecified atom stereocenters. The highest BCUT2D eigenvalue weighted by atomic mass is 35.5. The standard InChI is InChI=1S/C20H22Cl2N2O4/c1-4-10-24(12-18(25)23-16-11-13(21)8-9-15(16)22)20(26)14-6-5-7-17(27-2)19(14)28-3/h5-9,11H,4,10,12H2,1-3H3,(H,23,25). The zero-order chi connectivity index (χ0) is 20.7. The molecule has 0 aliphatic heterocycles. The second-order valence-electron chi connectivity index (χ2n) is 5.94. The summed E-state index contributed by atoms with van der Waals surface area (Å²) in [5.41, 5.74) is 0.714. The number of carbonyl (C=O) groups is 2. The predicted molar refractivity (Wildman–Crippen MR) is 111 cm³/mol. The molecule has 0 spiro atoms. The molecule has 0 heterocycles. The number of benzene rings is 2. The summed E-state index contributed by atoms with van der Waals surface area (Å²) in [5, 5.41) is 3.50. The average Bonchev–Trinajstić information content (AvgIpc) is 2.69. The number of para-hydroxylation sites is 1. The van der Waals surface area contributed by atoms with Crippen LogP contribution in [0, 0.1) is 0 Å². The van der Waals surface area contributed by atoms with Crippen molar-refractivity contribution in [2.24, 2.45) is 0 Å². The van der Waals surface area contributed by atoms with Crippen LogP contribution in [-0.2, 0) is 4.79 Å². The van der Waals surface area contributed by atoms with E-state index in [2.05, 4.69) is 5.32 Å². The number of nitrogens with one attached hydrogen (secondary N) is 1. The van der Waals surface area contributed by atoms with Crippen LogP contribution < -0.4 is 14.8 Å². The van der Waals surface area contributed by atoms with Crippen LogP contribution >= 0.6 is 23.2 Å². The SMILES string of the molecule is CCCN(CC(=O)Nc1cc(Cl)ccc1Cl)C(=O)c1cccc(OC)c1OC. The summed E-state index contributed by atoms with van der Waals surface area (Å²) in [5.74, 6) is 0.0622. The topological polar surface area (TPSA) is 67.9 Å². The van der Waals surface area contributed by atoms with Gasteiger partial charge in [0, 0.05) is 11.6 Å². The Labute approximate surface area is 174 Å². The molecule has 8 heteroatoms. The molecule has 0 aliphatic carbocycles. The number of carbonyl (C=O) groups excluding carboxylic acids is 2. The monoisotopic (exact) mass is 424 g/mol. The van der Waals surface area contributed by atoms with Gasteiger partial charge in [0.1, 0.15) is 6.54 Å². The zero-order valence-electron chi connectivity index (χ0n) is 15.9. The maximum atomic E-state index is 13.1. The maximum absolute atomic E-state index is 13.1. The van der Waals surface area contributed by atoms with Crippen LogP contribution in [0.15, 0.2) is 36.4 Å². The van der Waals surface area contributed by atoms with Crippen molar-refractivity contribution in [1.29, 1.82) is 0 Å². The van der Waals surface area contributed by atoms with E-state index in [4.69, 9.17) is 32.7 Å². The lowest BCUT2D eigenvalue weighted by molar-refractivity contribution is -0.116. The summed E-state index contributed by atoms with van der Waals surface area (Å²) in [6.45, 7) is 2.18. The molecule has 0 aromatic heterocycles. The van der Waals surface area contributed by atoms with E-state index in [1.54, 1.807) is 36.4 Å². The quantitative estimate of drug-likeness (QED) is 0.676. The first kappa shape index (κ1) is 21.9. The Balaban J connectivity index is 2.22. The summed E-state index contributed by atoms with van der Waals surface area (Å²) >= 11 is 12.0. The smallest absolute Gasteiger partial charge is 0.258 e. The molecular weight excluding hydrogens is 403 g/mol. The van der Waals surface area contributed by atoms with Crippen molar-refractivity contribution < 1.29 is 19.1 Å². The molecule has 0 atom stereocenters. The molecule has 0 saturated heterocycles. The largest absolute Gasteiger partial charge is 0.493 e. The number of halogens is 2. The van der Waals surface area contributed by atoms with Crippen molar-refractivity contribution in [2.75, 3.05) is 32.6 Å². The molecule has 2 rings (SSSR count). The van der Waals surface area contributed by atoms with E-state index in [1.165, 1.54) is 19.1 Å². The molecule has 0 bridgehead atoms. The maximum Gasteiger partial charge on any atom is 0.258 e. The fraction of sp³-hybridized carbons (Fsp3) is 0.300.